The van der Waals surface area contributed by atoms with Crippen LogP contribution in [-0.4, -0.2) is 23.7 Å². The molecule has 2 aliphatic rings. The number of nitro benzene ring substituents is 1. The summed E-state index contributed by atoms with van der Waals surface area (Å²) in [7, 11) is 3.22. The Bertz CT molecular complexity index is 2260. The smallest absolute Gasteiger partial charge is 0.271 e. The second-order valence-electron chi connectivity index (χ2n) is 11.1. The highest BCUT2D eigenvalue weighted by atomic mass is 79.9. The van der Waals surface area contributed by atoms with Crippen LogP contribution in [0.15, 0.2) is 105 Å². The maximum absolute atomic E-state index is 14.2. The van der Waals surface area contributed by atoms with Crippen LogP contribution in [-0.2, 0) is 13.0 Å². The topological polar surface area (TPSA) is 105 Å². The van der Waals surface area contributed by atoms with Crippen molar-refractivity contribution in [2.45, 2.75) is 25.5 Å². The average Bonchev–Trinajstić information content (AvgIpc) is 3.40. The number of nitro groups is 1. The molecular weight excluding hydrogens is 682 g/mol. The number of allylic oxidation sites excluding steroid dienone is 1. The van der Waals surface area contributed by atoms with Crippen molar-refractivity contribution in [1.82, 2.24) is 4.57 Å². The molecule has 11 heteroatoms. The van der Waals surface area contributed by atoms with Gasteiger partial charge in [0.15, 0.2) is 16.3 Å². The third kappa shape index (κ3) is 5.77. The van der Waals surface area contributed by atoms with Crippen LogP contribution in [0.25, 0.3) is 11.8 Å². The molecule has 0 spiro atoms. The van der Waals surface area contributed by atoms with Gasteiger partial charge in [-0.2, -0.15) is 0 Å². The maximum Gasteiger partial charge on any atom is 0.271 e. The quantitative estimate of drug-likeness (QED) is 0.133. The maximum atomic E-state index is 14.2. The SMILES string of the molecule is COc1ccc(C2C3=C(N=c4s/c(=C\c5ccc(OCc6ccc([N+](=O)[O-])cc6)c(Br)c5)c(=O)n42)c2ccccc2CC3)cc1OC. The summed E-state index contributed by atoms with van der Waals surface area (Å²) in [4.78, 5) is 30.4. The number of aryl methyl sites for hydroxylation is 1. The highest BCUT2D eigenvalue weighted by Crippen LogP contribution is 2.42. The van der Waals surface area contributed by atoms with E-state index in [0.29, 0.717) is 26.6 Å². The van der Waals surface area contributed by atoms with Gasteiger partial charge in [-0.25, -0.2) is 4.99 Å². The molecule has 1 aliphatic heterocycles. The second-order valence-corrected chi connectivity index (χ2v) is 13.0. The zero-order valence-corrected chi connectivity index (χ0v) is 27.8. The fourth-order valence-corrected chi connectivity index (χ4v) is 7.61. The highest BCUT2D eigenvalue weighted by Gasteiger charge is 2.33. The number of aromatic nitrogens is 1. The van der Waals surface area contributed by atoms with E-state index in [2.05, 4.69) is 34.1 Å². The van der Waals surface area contributed by atoms with Crippen LogP contribution in [0.3, 0.4) is 0 Å². The lowest BCUT2D eigenvalue weighted by Crippen LogP contribution is -2.38. The van der Waals surface area contributed by atoms with E-state index in [4.69, 9.17) is 19.2 Å². The lowest BCUT2D eigenvalue weighted by atomic mass is 9.83. The molecule has 0 N–H and O–H groups in total. The van der Waals surface area contributed by atoms with Crippen molar-refractivity contribution < 1.29 is 19.1 Å². The normalized spacial score (nSPS) is 15.3. The molecule has 236 valence electrons. The Morgan fingerprint density at radius 2 is 1.74 bits per heavy atom. The summed E-state index contributed by atoms with van der Waals surface area (Å²) >= 11 is 4.97. The van der Waals surface area contributed by atoms with E-state index in [0.717, 1.165) is 50.8 Å². The third-order valence-corrected chi connectivity index (χ3v) is 9.99. The van der Waals surface area contributed by atoms with Gasteiger partial charge in [0.25, 0.3) is 11.2 Å². The van der Waals surface area contributed by atoms with Gasteiger partial charge < -0.3 is 14.2 Å². The van der Waals surface area contributed by atoms with Gasteiger partial charge in [0.2, 0.25) is 0 Å². The second kappa shape index (κ2) is 12.7. The predicted octanol–water partition coefficient (Wildman–Crippen LogP) is 6.59. The molecule has 0 radical (unpaired) electrons. The van der Waals surface area contributed by atoms with E-state index in [1.807, 2.05) is 48.5 Å². The summed E-state index contributed by atoms with van der Waals surface area (Å²) in [6.45, 7) is 0.248. The molecule has 1 aliphatic carbocycles. The van der Waals surface area contributed by atoms with Gasteiger partial charge in [0.05, 0.1) is 39.9 Å². The Morgan fingerprint density at radius 3 is 2.49 bits per heavy atom. The summed E-state index contributed by atoms with van der Waals surface area (Å²) in [5.74, 6) is 1.84. The summed E-state index contributed by atoms with van der Waals surface area (Å²) in [5.41, 5.74) is 6.85. The first-order valence-corrected chi connectivity index (χ1v) is 16.5. The van der Waals surface area contributed by atoms with E-state index in [1.54, 1.807) is 30.9 Å². The van der Waals surface area contributed by atoms with Gasteiger partial charge in [0.1, 0.15) is 12.4 Å². The molecule has 0 saturated carbocycles. The minimum atomic E-state index is -0.430. The van der Waals surface area contributed by atoms with Crippen LogP contribution in [0.2, 0.25) is 0 Å². The number of nitrogens with zero attached hydrogens (tertiary/aromatic N) is 3. The van der Waals surface area contributed by atoms with Gasteiger partial charge in [-0.15, -0.1) is 0 Å². The standard InChI is InChI=1S/C36H28BrN3O6S/c1-44-30-16-11-24(19-31(30)45-2)34-27-14-10-23-5-3-4-6-26(23)33(27)38-36-39(34)35(41)32(47-36)18-22-9-15-29(28(37)17-22)46-20-21-7-12-25(13-8-21)40(42)43/h3-9,11-13,15-19,34H,10,14,20H2,1-2H3/b32-18-. The van der Waals surface area contributed by atoms with Gasteiger partial charge in [-0.05, 0) is 99.1 Å². The Hall–Kier alpha value is -5.00. The Kier molecular flexibility index (Phi) is 8.25. The fraction of sp³-hybridized carbons (Fsp3) is 0.167. The van der Waals surface area contributed by atoms with Crippen molar-refractivity contribution in [3.8, 4) is 17.2 Å². The molecule has 4 aromatic carbocycles. The number of ether oxygens (including phenoxy) is 3. The highest BCUT2D eigenvalue weighted by molar-refractivity contribution is 9.10. The number of benzene rings is 4. The zero-order valence-electron chi connectivity index (χ0n) is 25.4. The Balaban J connectivity index is 1.27. The van der Waals surface area contributed by atoms with Crippen LogP contribution in [0.4, 0.5) is 5.69 Å². The lowest BCUT2D eigenvalue weighted by Gasteiger charge is -2.31. The molecular formula is C36H28BrN3O6S. The minimum absolute atomic E-state index is 0.0320. The van der Waals surface area contributed by atoms with Gasteiger partial charge >= 0.3 is 0 Å². The Morgan fingerprint density at radius 1 is 0.979 bits per heavy atom. The molecule has 1 atom stereocenters. The first-order chi connectivity index (χ1) is 22.8. The molecule has 1 unspecified atom stereocenters. The number of methoxy groups -OCH3 is 2. The number of fused-ring (bicyclic) bond motifs is 3. The molecule has 9 nitrogen and oxygen atoms in total. The van der Waals surface area contributed by atoms with Gasteiger partial charge in [-0.3, -0.25) is 19.5 Å². The van der Waals surface area contributed by atoms with Crippen molar-refractivity contribution in [1.29, 1.82) is 0 Å². The minimum Gasteiger partial charge on any atom is -0.493 e. The molecule has 0 bridgehead atoms. The molecule has 2 heterocycles. The third-order valence-electron chi connectivity index (χ3n) is 8.39. The molecule has 0 amide bonds. The first kappa shape index (κ1) is 30.6. The molecule has 1 aromatic heterocycles. The number of hydrogen-bond donors (Lipinski definition) is 0. The van der Waals surface area contributed by atoms with Crippen molar-refractivity contribution in [3.05, 3.63) is 153 Å². The van der Waals surface area contributed by atoms with E-state index in [-0.39, 0.29) is 23.9 Å². The van der Waals surface area contributed by atoms with Crippen LogP contribution in [0.1, 0.15) is 40.3 Å². The van der Waals surface area contributed by atoms with Crippen molar-refractivity contribution in [2.75, 3.05) is 14.2 Å². The molecule has 0 fully saturated rings. The Labute approximate surface area is 282 Å². The van der Waals surface area contributed by atoms with E-state index in [9.17, 15) is 14.9 Å². The van der Waals surface area contributed by atoms with Crippen LogP contribution in [0, 0.1) is 10.1 Å². The van der Waals surface area contributed by atoms with Crippen molar-refractivity contribution in [2.24, 2.45) is 4.99 Å². The lowest BCUT2D eigenvalue weighted by molar-refractivity contribution is -0.384. The largest absolute Gasteiger partial charge is 0.493 e. The molecule has 47 heavy (non-hydrogen) atoms. The summed E-state index contributed by atoms with van der Waals surface area (Å²) in [5, 5.41) is 10.9. The van der Waals surface area contributed by atoms with E-state index in [1.165, 1.54) is 29.0 Å². The number of non-ortho nitro benzene ring substituents is 1. The molecule has 5 aromatic rings. The van der Waals surface area contributed by atoms with E-state index >= 15 is 0 Å². The fourth-order valence-electron chi connectivity index (χ4n) is 6.10. The van der Waals surface area contributed by atoms with Crippen molar-refractivity contribution >= 4 is 44.7 Å². The van der Waals surface area contributed by atoms with Crippen LogP contribution >= 0.6 is 27.3 Å². The number of thiazole rings is 1. The predicted molar refractivity (Wildman–Crippen MR) is 184 cm³/mol. The zero-order chi connectivity index (χ0) is 32.7. The monoisotopic (exact) mass is 709 g/mol. The van der Waals surface area contributed by atoms with Gasteiger partial charge in [0, 0.05) is 17.7 Å². The number of hydrogen-bond acceptors (Lipinski definition) is 8. The van der Waals surface area contributed by atoms with Crippen LogP contribution < -0.4 is 29.1 Å². The summed E-state index contributed by atoms with van der Waals surface area (Å²) < 4.78 is 20.2. The van der Waals surface area contributed by atoms with Crippen molar-refractivity contribution in [3.63, 3.8) is 0 Å². The van der Waals surface area contributed by atoms with E-state index < -0.39 is 4.92 Å². The summed E-state index contributed by atoms with van der Waals surface area (Å²) in [6.07, 6.45) is 3.52. The number of rotatable bonds is 8. The number of halogens is 1. The first-order valence-electron chi connectivity index (χ1n) is 14.9. The summed E-state index contributed by atoms with van der Waals surface area (Å²) in [6, 6.07) is 25.7. The van der Waals surface area contributed by atoms with Crippen LogP contribution in [0.5, 0.6) is 17.2 Å². The molecule has 0 saturated heterocycles. The van der Waals surface area contributed by atoms with Gasteiger partial charge in [-0.1, -0.05) is 47.7 Å². The molecule has 7 rings (SSSR count). The average molecular weight is 711 g/mol.